The molecule has 0 saturated heterocycles. The predicted molar refractivity (Wildman–Crippen MR) is 71.8 cm³/mol. The van der Waals surface area contributed by atoms with Crippen LogP contribution >= 0.6 is 0 Å². The Hall–Kier alpha value is -1.88. The average Bonchev–Trinajstić information content (AvgIpc) is 2.86. The van der Waals surface area contributed by atoms with Crippen molar-refractivity contribution >= 4 is 0 Å². The number of aryl methyl sites for hydroxylation is 1. The van der Waals surface area contributed by atoms with Gasteiger partial charge in [-0.3, -0.25) is 4.98 Å². The standard InChI is InChI=1S/C14H19N3O2/c1-3-6-15-8-12-7-14(19-17-12)10-18-13-5-4-11(2)16-9-13/h4-5,7,9,15H,3,6,8,10H2,1-2H3. The van der Waals surface area contributed by atoms with Gasteiger partial charge >= 0.3 is 0 Å². The Morgan fingerprint density at radius 2 is 2.26 bits per heavy atom. The van der Waals surface area contributed by atoms with E-state index in [1.807, 2.05) is 25.1 Å². The first-order valence-corrected chi connectivity index (χ1v) is 6.48. The van der Waals surface area contributed by atoms with Gasteiger partial charge in [-0.25, -0.2) is 0 Å². The van der Waals surface area contributed by atoms with Crippen molar-refractivity contribution in [3.8, 4) is 5.75 Å². The summed E-state index contributed by atoms with van der Waals surface area (Å²) in [5.74, 6) is 1.45. The molecule has 2 aromatic rings. The molecule has 0 aliphatic heterocycles. The van der Waals surface area contributed by atoms with Gasteiger partial charge in [0.25, 0.3) is 0 Å². The minimum atomic E-state index is 0.367. The summed E-state index contributed by atoms with van der Waals surface area (Å²) >= 11 is 0. The van der Waals surface area contributed by atoms with Crippen LogP contribution in [0, 0.1) is 6.92 Å². The summed E-state index contributed by atoms with van der Waals surface area (Å²) in [4.78, 5) is 4.17. The molecule has 0 bridgehead atoms. The second-order valence-electron chi connectivity index (χ2n) is 4.39. The minimum absolute atomic E-state index is 0.367. The maximum Gasteiger partial charge on any atom is 0.174 e. The lowest BCUT2D eigenvalue weighted by Crippen LogP contribution is -2.13. The molecule has 102 valence electrons. The highest BCUT2D eigenvalue weighted by Gasteiger charge is 2.04. The zero-order valence-electron chi connectivity index (χ0n) is 11.3. The average molecular weight is 261 g/mol. The second kappa shape index (κ2) is 6.89. The van der Waals surface area contributed by atoms with Crippen molar-refractivity contribution in [1.29, 1.82) is 0 Å². The first kappa shape index (κ1) is 13.5. The van der Waals surface area contributed by atoms with E-state index in [-0.39, 0.29) is 0 Å². The van der Waals surface area contributed by atoms with Crippen LogP contribution in [0.15, 0.2) is 28.9 Å². The lowest BCUT2D eigenvalue weighted by atomic mass is 10.3. The van der Waals surface area contributed by atoms with E-state index in [1.165, 1.54) is 0 Å². The SMILES string of the molecule is CCCNCc1cc(COc2ccc(C)nc2)on1. The molecule has 0 aliphatic rings. The van der Waals surface area contributed by atoms with Gasteiger partial charge in [0.05, 0.1) is 11.9 Å². The lowest BCUT2D eigenvalue weighted by molar-refractivity contribution is 0.247. The summed E-state index contributed by atoms with van der Waals surface area (Å²) in [6.07, 6.45) is 2.81. The fraction of sp³-hybridized carbons (Fsp3) is 0.429. The number of ether oxygens (including phenoxy) is 1. The highest BCUT2D eigenvalue weighted by atomic mass is 16.5. The van der Waals surface area contributed by atoms with Gasteiger partial charge in [0.15, 0.2) is 5.76 Å². The van der Waals surface area contributed by atoms with Crippen molar-refractivity contribution in [2.75, 3.05) is 6.54 Å². The third-order valence-corrected chi connectivity index (χ3v) is 2.61. The molecule has 2 rings (SSSR count). The first-order chi connectivity index (χ1) is 9.28. The molecule has 5 heteroatoms. The van der Waals surface area contributed by atoms with E-state index in [0.29, 0.717) is 12.4 Å². The Labute approximate surface area is 113 Å². The molecule has 2 heterocycles. The quantitative estimate of drug-likeness (QED) is 0.776. The normalized spacial score (nSPS) is 10.6. The topological polar surface area (TPSA) is 60.2 Å². The zero-order chi connectivity index (χ0) is 13.5. The molecule has 1 N–H and O–H groups in total. The van der Waals surface area contributed by atoms with Crippen LogP contribution in [0.3, 0.4) is 0 Å². The number of nitrogens with one attached hydrogen (secondary N) is 1. The van der Waals surface area contributed by atoms with Gasteiger partial charge in [-0.2, -0.15) is 0 Å². The molecule has 0 aliphatic carbocycles. The van der Waals surface area contributed by atoms with Crippen LogP contribution in [-0.4, -0.2) is 16.7 Å². The molecule has 0 saturated carbocycles. The Morgan fingerprint density at radius 1 is 1.37 bits per heavy atom. The number of aromatic nitrogens is 2. The Bertz CT molecular complexity index is 494. The predicted octanol–water partition coefficient (Wildman–Crippen LogP) is 2.46. The number of pyridine rings is 1. The smallest absolute Gasteiger partial charge is 0.174 e. The van der Waals surface area contributed by atoms with E-state index >= 15 is 0 Å². The molecular weight excluding hydrogens is 242 g/mol. The molecule has 2 aromatic heterocycles. The molecule has 5 nitrogen and oxygen atoms in total. The van der Waals surface area contributed by atoms with E-state index in [4.69, 9.17) is 9.26 Å². The monoisotopic (exact) mass is 261 g/mol. The van der Waals surface area contributed by atoms with Gasteiger partial charge in [-0.15, -0.1) is 0 Å². The van der Waals surface area contributed by atoms with E-state index in [2.05, 4.69) is 22.4 Å². The molecular formula is C14H19N3O2. The van der Waals surface area contributed by atoms with Gasteiger partial charge in [-0.05, 0) is 32.0 Å². The second-order valence-corrected chi connectivity index (χ2v) is 4.39. The Kier molecular flexibility index (Phi) is 4.92. The largest absolute Gasteiger partial charge is 0.484 e. The Morgan fingerprint density at radius 3 is 3.00 bits per heavy atom. The highest BCUT2D eigenvalue weighted by Crippen LogP contribution is 2.12. The van der Waals surface area contributed by atoms with Gasteiger partial charge in [0, 0.05) is 18.3 Å². The maximum atomic E-state index is 5.57. The van der Waals surface area contributed by atoms with Crippen molar-refractivity contribution in [2.45, 2.75) is 33.4 Å². The molecule has 0 spiro atoms. The minimum Gasteiger partial charge on any atom is -0.484 e. The van der Waals surface area contributed by atoms with Crippen LogP contribution in [0.4, 0.5) is 0 Å². The Balaban J connectivity index is 1.81. The summed E-state index contributed by atoms with van der Waals surface area (Å²) in [5.41, 5.74) is 1.87. The van der Waals surface area contributed by atoms with Crippen molar-refractivity contribution in [1.82, 2.24) is 15.5 Å². The summed E-state index contributed by atoms with van der Waals surface area (Å²) in [6.45, 7) is 6.14. The van der Waals surface area contributed by atoms with Gasteiger partial charge in [0.1, 0.15) is 12.4 Å². The lowest BCUT2D eigenvalue weighted by Gasteiger charge is -2.02. The maximum absolute atomic E-state index is 5.57. The number of hydrogen-bond acceptors (Lipinski definition) is 5. The van der Waals surface area contributed by atoms with Gasteiger partial charge in [-0.1, -0.05) is 12.1 Å². The van der Waals surface area contributed by atoms with E-state index in [9.17, 15) is 0 Å². The first-order valence-electron chi connectivity index (χ1n) is 6.48. The van der Waals surface area contributed by atoms with E-state index < -0.39 is 0 Å². The fourth-order valence-electron chi connectivity index (χ4n) is 1.59. The van der Waals surface area contributed by atoms with E-state index in [0.717, 1.165) is 36.6 Å². The van der Waals surface area contributed by atoms with Crippen LogP contribution in [-0.2, 0) is 13.2 Å². The van der Waals surface area contributed by atoms with E-state index in [1.54, 1.807) is 6.20 Å². The zero-order valence-corrected chi connectivity index (χ0v) is 11.3. The molecule has 0 fully saturated rings. The van der Waals surface area contributed by atoms with Gasteiger partial charge in [0.2, 0.25) is 0 Å². The summed E-state index contributed by atoms with van der Waals surface area (Å²) in [7, 11) is 0. The van der Waals surface area contributed by atoms with Crippen LogP contribution in [0.1, 0.15) is 30.5 Å². The molecule has 0 amide bonds. The molecule has 0 unspecified atom stereocenters. The summed E-state index contributed by atoms with van der Waals surface area (Å²) in [6, 6.07) is 5.71. The number of rotatable bonds is 7. The number of nitrogens with zero attached hydrogens (tertiary/aromatic N) is 2. The van der Waals surface area contributed by atoms with Crippen LogP contribution in [0.25, 0.3) is 0 Å². The summed E-state index contributed by atoms with van der Waals surface area (Å²) in [5, 5.41) is 7.25. The highest BCUT2D eigenvalue weighted by molar-refractivity contribution is 5.19. The summed E-state index contributed by atoms with van der Waals surface area (Å²) < 4.78 is 10.8. The molecule has 0 atom stereocenters. The van der Waals surface area contributed by atoms with Gasteiger partial charge < -0.3 is 14.6 Å². The third-order valence-electron chi connectivity index (χ3n) is 2.61. The van der Waals surface area contributed by atoms with Crippen molar-refractivity contribution in [3.05, 3.63) is 41.5 Å². The van der Waals surface area contributed by atoms with Crippen LogP contribution < -0.4 is 10.1 Å². The molecule has 0 aromatic carbocycles. The third kappa shape index (κ3) is 4.37. The molecule has 19 heavy (non-hydrogen) atoms. The van der Waals surface area contributed by atoms with Crippen molar-refractivity contribution in [2.24, 2.45) is 0 Å². The fourth-order valence-corrected chi connectivity index (χ4v) is 1.59. The van der Waals surface area contributed by atoms with Crippen LogP contribution in [0.2, 0.25) is 0 Å². The van der Waals surface area contributed by atoms with Crippen molar-refractivity contribution < 1.29 is 9.26 Å². The molecule has 0 radical (unpaired) electrons. The number of hydrogen-bond donors (Lipinski definition) is 1. The van der Waals surface area contributed by atoms with Crippen LogP contribution in [0.5, 0.6) is 5.75 Å². The van der Waals surface area contributed by atoms with Crippen molar-refractivity contribution in [3.63, 3.8) is 0 Å².